The van der Waals surface area contributed by atoms with Crippen LogP contribution in [-0.2, 0) is 9.53 Å². The lowest BCUT2D eigenvalue weighted by Gasteiger charge is -2.37. The third kappa shape index (κ3) is 5.75. The van der Waals surface area contributed by atoms with Crippen molar-refractivity contribution in [2.45, 2.75) is 31.8 Å². The molecule has 1 aliphatic heterocycles. The number of hydrogen-bond acceptors (Lipinski definition) is 6. The number of ether oxygens (including phenoxy) is 1. The van der Waals surface area contributed by atoms with Crippen LogP contribution >= 0.6 is 11.8 Å². The van der Waals surface area contributed by atoms with Crippen molar-refractivity contribution in [1.82, 2.24) is 20.6 Å². The van der Waals surface area contributed by atoms with Crippen molar-refractivity contribution >= 4 is 17.7 Å². The average Bonchev–Trinajstić information content (AvgIpc) is 2.51. The molecular weight excluding hydrogens is 312 g/mol. The number of hydrogen-bond donors (Lipinski definition) is 2. The lowest BCUT2D eigenvalue weighted by atomic mass is 9.79. The van der Waals surface area contributed by atoms with E-state index in [4.69, 9.17) is 4.74 Å². The summed E-state index contributed by atoms with van der Waals surface area (Å²) in [7, 11) is 1.72. The van der Waals surface area contributed by atoms with Gasteiger partial charge in [0.05, 0.1) is 12.4 Å². The predicted molar refractivity (Wildman–Crippen MR) is 91.7 cm³/mol. The van der Waals surface area contributed by atoms with E-state index in [0.717, 1.165) is 37.3 Å². The highest BCUT2D eigenvalue weighted by Gasteiger charge is 2.32. The van der Waals surface area contributed by atoms with Crippen LogP contribution in [0.3, 0.4) is 0 Å². The van der Waals surface area contributed by atoms with Gasteiger partial charge in [0, 0.05) is 30.5 Å². The Morgan fingerprint density at radius 3 is 2.61 bits per heavy atom. The number of aryl methyl sites for hydroxylation is 2. The first-order valence-electron chi connectivity index (χ1n) is 7.94. The Morgan fingerprint density at radius 2 is 2.00 bits per heavy atom. The lowest BCUT2D eigenvalue weighted by Crippen LogP contribution is -2.47. The Bertz CT molecular complexity index is 507. The number of thioether (sulfide) groups is 1. The fourth-order valence-corrected chi connectivity index (χ4v) is 3.64. The van der Waals surface area contributed by atoms with Gasteiger partial charge >= 0.3 is 0 Å². The van der Waals surface area contributed by atoms with Crippen molar-refractivity contribution in [3.05, 3.63) is 17.5 Å². The second-order valence-corrected chi connectivity index (χ2v) is 7.12. The highest BCUT2D eigenvalue weighted by Crippen LogP contribution is 2.28. The van der Waals surface area contributed by atoms with Crippen LogP contribution in [0.25, 0.3) is 0 Å². The zero-order valence-corrected chi connectivity index (χ0v) is 15.0. The maximum Gasteiger partial charge on any atom is 0.230 e. The van der Waals surface area contributed by atoms with E-state index in [1.807, 2.05) is 19.9 Å². The molecule has 23 heavy (non-hydrogen) atoms. The van der Waals surface area contributed by atoms with E-state index >= 15 is 0 Å². The molecule has 0 aromatic carbocycles. The number of piperidine rings is 1. The molecule has 128 valence electrons. The van der Waals surface area contributed by atoms with E-state index in [-0.39, 0.29) is 11.3 Å². The van der Waals surface area contributed by atoms with Crippen molar-refractivity contribution in [2.24, 2.45) is 5.41 Å². The summed E-state index contributed by atoms with van der Waals surface area (Å²) in [4.78, 5) is 20.8. The number of amides is 1. The molecule has 7 heteroatoms. The Labute approximate surface area is 142 Å². The minimum absolute atomic E-state index is 0.0202. The van der Waals surface area contributed by atoms with E-state index in [9.17, 15) is 4.79 Å². The molecule has 1 aromatic heterocycles. The van der Waals surface area contributed by atoms with E-state index in [1.165, 1.54) is 11.8 Å². The average molecular weight is 338 g/mol. The van der Waals surface area contributed by atoms with Crippen molar-refractivity contribution < 1.29 is 9.53 Å². The van der Waals surface area contributed by atoms with Gasteiger partial charge in [-0.2, -0.15) is 0 Å². The molecule has 1 fully saturated rings. The summed E-state index contributed by atoms with van der Waals surface area (Å²) in [6.07, 6.45) is 2.04. The molecule has 2 N–H and O–H groups in total. The first-order valence-corrected chi connectivity index (χ1v) is 8.93. The maximum atomic E-state index is 12.1. The van der Waals surface area contributed by atoms with Gasteiger partial charge in [-0.05, 0) is 45.8 Å². The first kappa shape index (κ1) is 18.2. The Balaban J connectivity index is 1.81. The monoisotopic (exact) mass is 338 g/mol. The van der Waals surface area contributed by atoms with Gasteiger partial charge in [-0.15, -0.1) is 0 Å². The summed E-state index contributed by atoms with van der Waals surface area (Å²) in [6, 6.07) is 1.93. The number of nitrogens with one attached hydrogen (secondary N) is 2. The minimum Gasteiger partial charge on any atom is -0.384 e. The van der Waals surface area contributed by atoms with Gasteiger partial charge in [0.15, 0.2) is 5.16 Å². The third-order valence-corrected chi connectivity index (χ3v) is 4.92. The molecule has 6 nitrogen and oxygen atoms in total. The Kier molecular flexibility index (Phi) is 6.80. The van der Waals surface area contributed by atoms with Gasteiger partial charge in [-0.3, -0.25) is 4.79 Å². The standard InChI is InChI=1S/C16H26N4O2S/c1-12-8-13(2)20-15(19-12)23-9-14(21)18-10-16(11-22-3)4-6-17-7-5-16/h8,17H,4-7,9-11H2,1-3H3,(H,18,21). The van der Waals surface area contributed by atoms with E-state index in [0.29, 0.717) is 24.1 Å². The van der Waals surface area contributed by atoms with Crippen LogP contribution in [0.5, 0.6) is 0 Å². The van der Waals surface area contributed by atoms with Gasteiger partial charge in [0.1, 0.15) is 0 Å². The third-order valence-electron chi connectivity index (χ3n) is 4.07. The van der Waals surface area contributed by atoms with Crippen LogP contribution < -0.4 is 10.6 Å². The number of carbonyl (C=O) groups is 1. The predicted octanol–water partition coefficient (Wildman–Crippen LogP) is 1.32. The summed E-state index contributed by atoms with van der Waals surface area (Å²) in [5, 5.41) is 7.07. The molecule has 0 saturated carbocycles. The molecule has 0 unspecified atom stereocenters. The second-order valence-electron chi connectivity index (χ2n) is 6.18. The van der Waals surface area contributed by atoms with Crippen molar-refractivity contribution in [1.29, 1.82) is 0 Å². The summed E-state index contributed by atoms with van der Waals surface area (Å²) in [6.45, 7) is 7.17. The molecule has 1 aliphatic rings. The summed E-state index contributed by atoms with van der Waals surface area (Å²) in [5.74, 6) is 0.358. The normalized spacial score (nSPS) is 17.0. The van der Waals surface area contributed by atoms with Crippen LogP contribution in [0.2, 0.25) is 0 Å². The van der Waals surface area contributed by atoms with Crippen molar-refractivity contribution in [3.8, 4) is 0 Å². The molecule has 0 spiro atoms. The van der Waals surface area contributed by atoms with E-state index in [1.54, 1.807) is 7.11 Å². The van der Waals surface area contributed by atoms with Gasteiger partial charge in [0.25, 0.3) is 0 Å². The Morgan fingerprint density at radius 1 is 1.35 bits per heavy atom. The molecule has 1 amide bonds. The number of methoxy groups -OCH3 is 1. The van der Waals surface area contributed by atoms with Gasteiger partial charge in [0.2, 0.25) is 5.91 Å². The summed E-state index contributed by atoms with van der Waals surface area (Å²) >= 11 is 1.38. The highest BCUT2D eigenvalue weighted by atomic mass is 32.2. The fourth-order valence-electron chi connectivity index (χ4n) is 2.86. The molecule has 1 aromatic rings. The number of rotatable bonds is 7. The molecule has 0 bridgehead atoms. The summed E-state index contributed by atoms with van der Waals surface area (Å²) < 4.78 is 5.37. The number of carbonyl (C=O) groups excluding carboxylic acids is 1. The van der Waals surface area contributed by atoms with E-state index < -0.39 is 0 Å². The van der Waals surface area contributed by atoms with Gasteiger partial charge < -0.3 is 15.4 Å². The molecule has 2 heterocycles. The smallest absolute Gasteiger partial charge is 0.230 e. The Hall–Kier alpha value is -1.18. The molecule has 0 radical (unpaired) electrons. The van der Waals surface area contributed by atoms with Crippen molar-refractivity contribution in [2.75, 3.05) is 39.1 Å². The molecular formula is C16H26N4O2S. The SMILES string of the molecule is COCC1(CNC(=O)CSc2nc(C)cc(C)n2)CCNCC1. The lowest BCUT2D eigenvalue weighted by molar-refractivity contribution is -0.119. The molecule has 1 saturated heterocycles. The number of aromatic nitrogens is 2. The van der Waals surface area contributed by atoms with Crippen LogP contribution in [-0.4, -0.2) is 55.0 Å². The molecule has 2 rings (SSSR count). The topological polar surface area (TPSA) is 76.1 Å². The van der Waals surface area contributed by atoms with Crippen molar-refractivity contribution in [3.63, 3.8) is 0 Å². The van der Waals surface area contributed by atoms with Crippen LogP contribution in [0.15, 0.2) is 11.2 Å². The largest absolute Gasteiger partial charge is 0.384 e. The maximum absolute atomic E-state index is 12.1. The van der Waals surface area contributed by atoms with E-state index in [2.05, 4.69) is 20.6 Å². The molecule has 0 aliphatic carbocycles. The first-order chi connectivity index (χ1) is 11.0. The van der Waals surface area contributed by atoms with Gasteiger partial charge in [-0.1, -0.05) is 11.8 Å². The van der Waals surface area contributed by atoms with Gasteiger partial charge in [-0.25, -0.2) is 9.97 Å². The zero-order valence-electron chi connectivity index (χ0n) is 14.1. The van der Waals surface area contributed by atoms with Crippen LogP contribution in [0, 0.1) is 19.3 Å². The van der Waals surface area contributed by atoms with Crippen LogP contribution in [0.1, 0.15) is 24.2 Å². The second kappa shape index (κ2) is 8.61. The highest BCUT2D eigenvalue weighted by molar-refractivity contribution is 7.99. The quantitative estimate of drug-likeness (QED) is 0.577. The molecule has 0 atom stereocenters. The van der Waals surface area contributed by atoms with Crippen LogP contribution in [0.4, 0.5) is 0 Å². The minimum atomic E-state index is 0.0202. The summed E-state index contributed by atoms with van der Waals surface area (Å²) in [5.41, 5.74) is 1.90. The zero-order chi connectivity index (χ0) is 16.7. The fraction of sp³-hybridized carbons (Fsp3) is 0.688. The number of nitrogens with zero attached hydrogens (tertiary/aromatic N) is 2.